The van der Waals surface area contributed by atoms with Crippen LogP contribution in [-0.4, -0.2) is 59.2 Å². The largest absolute Gasteiger partial charge is 0.304 e. The monoisotopic (exact) mass is 541 g/mol. The van der Waals surface area contributed by atoms with Gasteiger partial charge in [-0.3, -0.25) is 4.79 Å². The number of carbonyl (C=O) groups is 1. The minimum atomic E-state index is -3.09. The van der Waals surface area contributed by atoms with Crippen molar-refractivity contribution in [3.05, 3.63) is 48.3 Å². The van der Waals surface area contributed by atoms with Gasteiger partial charge < -0.3 is 4.90 Å². The molecule has 1 aliphatic carbocycles. The molecule has 0 unspecified atom stereocenters. The zero-order valence-electron chi connectivity index (χ0n) is 23.9. The van der Waals surface area contributed by atoms with Crippen molar-refractivity contribution in [3.63, 3.8) is 0 Å². The lowest BCUT2D eigenvalue weighted by Crippen LogP contribution is -2.35. The highest BCUT2D eigenvalue weighted by Gasteiger charge is 2.34. The van der Waals surface area contributed by atoms with Gasteiger partial charge in [0, 0.05) is 30.3 Å². The van der Waals surface area contributed by atoms with Crippen molar-refractivity contribution in [2.45, 2.75) is 90.2 Å². The molecule has 38 heavy (non-hydrogen) atoms. The summed E-state index contributed by atoms with van der Waals surface area (Å²) in [7, 11) is -3.09. The van der Waals surface area contributed by atoms with Gasteiger partial charge >= 0.3 is 0 Å². The summed E-state index contributed by atoms with van der Waals surface area (Å²) in [4.78, 5) is 23.9. The SMILES string of the molecule is CCN(CCCCC(=O)C1CCC(CS(=O)(=O)C(C)(C)C)CC1)CCCc1ccc(-c2ncccn2)cc1. The van der Waals surface area contributed by atoms with E-state index in [1.54, 1.807) is 33.2 Å². The second-order valence-corrected chi connectivity index (χ2v) is 14.6. The Balaban J connectivity index is 1.29. The first-order chi connectivity index (χ1) is 18.1. The van der Waals surface area contributed by atoms with E-state index in [2.05, 4.69) is 46.1 Å². The third-order valence-electron chi connectivity index (χ3n) is 8.00. The van der Waals surface area contributed by atoms with E-state index in [1.165, 1.54) is 5.56 Å². The lowest BCUT2D eigenvalue weighted by molar-refractivity contribution is -0.124. The number of ketones is 1. The number of hydrogen-bond acceptors (Lipinski definition) is 6. The maximum Gasteiger partial charge on any atom is 0.159 e. The molecule has 1 aliphatic rings. The molecule has 0 amide bonds. The van der Waals surface area contributed by atoms with Crippen LogP contribution in [0.1, 0.15) is 84.6 Å². The predicted molar refractivity (Wildman–Crippen MR) is 156 cm³/mol. The van der Waals surface area contributed by atoms with Crippen LogP contribution in [0.5, 0.6) is 0 Å². The number of unbranched alkanes of at least 4 members (excludes halogenated alkanes) is 1. The van der Waals surface area contributed by atoms with E-state index < -0.39 is 14.6 Å². The van der Waals surface area contributed by atoms with Crippen molar-refractivity contribution in [1.29, 1.82) is 0 Å². The Morgan fingerprint density at radius 1 is 0.947 bits per heavy atom. The van der Waals surface area contributed by atoms with Crippen molar-refractivity contribution in [1.82, 2.24) is 14.9 Å². The Labute approximate surface area is 230 Å². The fourth-order valence-electron chi connectivity index (χ4n) is 5.25. The van der Waals surface area contributed by atoms with Crippen LogP contribution >= 0.6 is 0 Å². The molecule has 2 aromatic rings. The van der Waals surface area contributed by atoms with Gasteiger partial charge in [0.15, 0.2) is 15.7 Å². The van der Waals surface area contributed by atoms with Gasteiger partial charge in [0.2, 0.25) is 0 Å². The van der Waals surface area contributed by atoms with Crippen molar-refractivity contribution in [2.75, 3.05) is 25.4 Å². The summed E-state index contributed by atoms with van der Waals surface area (Å²) in [6.07, 6.45) is 11.8. The molecular weight excluding hydrogens is 494 g/mol. The summed E-state index contributed by atoms with van der Waals surface area (Å²) < 4.78 is 24.3. The van der Waals surface area contributed by atoms with Crippen LogP contribution in [0.2, 0.25) is 0 Å². The van der Waals surface area contributed by atoms with Gasteiger partial charge in [-0.15, -0.1) is 0 Å². The molecule has 6 nitrogen and oxygen atoms in total. The van der Waals surface area contributed by atoms with Gasteiger partial charge in [0.1, 0.15) is 5.78 Å². The van der Waals surface area contributed by atoms with Crippen LogP contribution < -0.4 is 0 Å². The Kier molecular flexibility index (Phi) is 11.5. The molecule has 0 spiro atoms. The van der Waals surface area contributed by atoms with Gasteiger partial charge in [0.25, 0.3) is 0 Å². The Hall–Kier alpha value is -2.12. The standard InChI is InChI=1S/C31H47N3O3S/c1-5-34(23-8-10-25-12-18-28(19-13-25)30-32-20-9-21-33-30)22-7-6-11-29(35)27-16-14-26(15-17-27)24-38(36,37)31(2,3)4/h9,12-13,18-21,26-27H,5-8,10-11,14-17,22-24H2,1-4H3. The van der Waals surface area contributed by atoms with Crippen LogP contribution in [0.4, 0.5) is 0 Å². The molecule has 210 valence electrons. The first-order valence-corrected chi connectivity index (χ1v) is 16.1. The van der Waals surface area contributed by atoms with Crippen molar-refractivity contribution >= 4 is 15.6 Å². The van der Waals surface area contributed by atoms with E-state index in [-0.39, 0.29) is 17.6 Å². The van der Waals surface area contributed by atoms with Crippen molar-refractivity contribution in [3.8, 4) is 11.4 Å². The Morgan fingerprint density at radius 2 is 1.58 bits per heavy atom. The molecule has 0 radical (unpaired) electrons. The maximum atomic E-state index is 12.8. The van der Waals surface area contributed by atoms with Crippen LogP contribution in [0, 0.1) is 11.8 Å². The van der Waals surface area contributed by atoms with E-state index in [0.717, 1.165) is 82.4 Å². The highest BCUT2D eigenvalue weighted by atomic mass is 32.2. The van der Waals surface area contributed by atoms with E-state index in [4.69, 9.17) is 0 Å². The lowest BCUT2D eigenvalue weighted by atomic mass is 9.80. The van der Waals surface area contributed by atoms with Gasteiger partial charge in [-0.25, -0.2) is 18.4 Å². The molecule has 7 heteroatoms. The average molecular weight is 542 g/mol. The summed E-state index contributed by atoms with van der Waals surface area (Å²) in [5.74, 6) is 1.74. The summed E-state index contributed by atoms with van der Waals surface area (Å²) in [5.41, 5.74) is 2.37. The topological polar surface area (TPSA) is 80.2 Å². The predicted octanol–water partition coefficient (Wildman–Crippen LogP) is 6.16. The minimum Gasteiger partial charge on any atom is -0.304 e. The van der Waals surface area contributed by atoms with E-state index in [0.29, 0.717) is 12.2 Å². The lowest BCUT2D eigenvalue weighted by Gasteiger charge is -2.30. The van der Waals surface area contributed by atoms with Gasteiger partial charge in [-0.1, -0.05) is 31.2 Å². The van der Waals surface area contributed by atoms with Crippen LogP contribution in [0.25, 0.3) is 11.4 Å². The molecule has 1 saturated carbocycles. The van der Waals surface area contributed by atoms with E-state index in [1.807, 2.05) is 6.07 Å². The molecule has 0 N–H and O–H groups in total. The van der Waals surface area contributed by atoms with E-state index in [9.17, 15) is 13.2 Å². The number of hydrogen-bond donors (Lipinski definition) is 0. The zero-order chi connectivity index (χ0) is 27.6. The van der Waals surface area contributed by atoms with Gasteiger partial charge in [-0.2, -0.15) is 0 Å². The van der Waals surface area contributed by atoms with Crippen molar-refractivity contribution < 1.29 is 13.2 Å². The second-order valence-electron chi connectivity index (χ2n) is 11.8. The summed E-state index contributed by atoms with van der Waals surface area (Å²) in [5, 5.41) is 0. The summed E-state index contributed by atoms with van der Waals surface area (Å²) >= 11 is 0. The second kappa shape index (κ2) is 14.3. The van der Waals surface area contributed by atoms with Crippen molar-refractivity contribution in [2.24, 2.45) is 11.8 Å². The minimum absolute atomic E-state index is 0.130. The highest BCUT2D eigenvalue weighted by molar-refractivity contribution is 7.92. The van der Waals surface area contributed by atoms with Crippen LogP contribution in [-0.2, 0) is 21.1 Å². The molecule has 0 aliphatic heterocycles. The summed E-state index contributed by atoms with van der Waals surface area (Å²) in [6.45, 7) is 10.7. The molecule has 0 saturated heterocycles. The molecule has 0 atom stereocenters. The van der Waals surface area contributed by atoms with Crippen LogP contribution in [0.15, 0.2) is 42.7 Å². The third kappa shape index (κ3) is 9.26. The molecule has 0 bridgehead atoms. The van der Waals surface area contributed by atoms with Gasteiger partial charge in [0.05, 0.1) is 10.5 Å². The highest BCUT2D eigenvalue weighted by Crippen LogP contribution is 2.33. The molecule has 1 fully saturated rings. The first-order valence-electron chi connectivity index (χ1n) is 14.4. The number of aryl methyl sites for hydroxylation is 1. The summed E-state index contributed by atoms with van der Waals surface area (Å²) in [6, 6.07) is 10.4. The number of sulfone groups is 1. The molecular formula is C31H47N3O3S. The zero-order valence-corrected chi connectivity index (χ0v) is 24.7. The maximum absolute atomic E-state index is 12.8. The number of aromatic nitrogens is 2. The normalized spacial score (nSPS) is 18.6. The molecule has 1 heterocycles. The van der Waals surface area contributed by atoms with E-state index >= 15 is 0 Å². The third-order valence-corrected chi connectivity index (χ3v) is 10.8. The van der Waals surface area contributed by atoms with Crippen LogP contribution in [0.3, 0.4) is 0 Å². The first kappa shape index (κ1) is 30.4. The van der Waals surface area contributed by atoms with Gasteiger partial charge in [-0.05, 0) is 109 Å². The number of Topliss-reactive ketones (excluding diaryl/α,β-unsaturated/α-hetero) is 1. The quantitative estimate of drug-likeness (QED) is 0.267. The Morgan fingerprint density at radius 3 is 2.18 bits per heavy atom. The molecule has 3 rings (SSSR count). The molecule has 1 aromatic carbocycles. The smallest absolute Gasteiger partial charge is 0.159 e. The number of nitrogens with zero attached hydrogens (tertiary/aromatic N) is 3. The molecule has 1 aromatic heterocycles. The Bertz CT molecular complexity index is 1090. The average Bonchev–Trinajstić information content (AvgIpc) is 2.90. The number of benzene rings is 1. The fraction of sp³-hybridized carbons (Fsp3) is 0.645. The fourth-order valence-corrected chi connectivity index (χ4v) is 6.71. The number of carbonyl (C=O) groups excluding carboxylic acids is 1. The number of rotatable bonds is 14.